The van der Waals surface area contributed by atoms with Crippen molar-refractivity contribution >= 4 is 44.5 Å². The highest BCUT2D eigenvalue weighted by Gasteiger charge is 2.52. The zero-order valence-electron chi connectivity index (χ0n) is 16.9. The number of carbonyl (C=O) groups is 3. The van der Waals surface area contributed by atoms with Gasteiger partial charge in [-0.3, -0.25) is 19.4 Å². The van der Waals surface area contributed by atoms with Gasteiger partial charge in [0.25, 0.3) is 11.8 Å². The number of benzene rings is 2. The molecule has 7 rings (SSSR count). The van der Waals surface area contributed by atoms with Crippen molar-refractivity contribution in [2.75, 3.05) is 11.5 Å². The molecule has 3 aliphatic heterocycles. The van der Waals surface area contributed by atoms with Crippen molar-refractivity contribution in [3.05, 3.63) is 53.1 Å². The molecule has 1 saturated carbocycles. The zero-order chi connectivity index (χ0) is 21.6. The maximum absolute atomic E-state index is 12.9. The SMILES string of the molecule is O=C1c2ccccc2C(=O)N1[C@H]1C[C@@H]2NC(=O)N(c3nc4c5c(ccc4s3)OCC5)[C@@H]2C1. The highest BCUT2D eigenvalue weighted by molar-refractivity contribution is 7.22. The normalized spacial score (nSPS) is 25.9. The van der Waals surface area contributed by atoms with Crippen molar-refractivity contribution in [2.45, 2.75) is 37.4 Å². The monoisotopic (exact) mass is 446 g/mol. The van der Waals surface area contributed by atoms with Crippen LogP contribution in [0.5, 0.6) is 5.75 Å². The maximum Gasteiger partial charge on any atom is 0.324 e. The van der Waals surface area contributed by atoms with E-state index >= 15 is 0 Å². The van der Waals surface area contributed by atoms with E-state index in [1.165, 1.54) is 16.2 Å². The molecule has 3 atom stereocenters. The highest BCUT2D eigenvalue weighted by Crippen LogP contribution is 2.42. The van der Waals surface area contributed by atoms with Crippen molar-refractivity contribution in [3.8, 4) is 5.75 Å². The summed E-state index contributed by atoms with van der Waals surface area (Å²) in [5.41, 5.74) is 2.90. The minimum absolute atomic E-state index is 0.127. The Balaban J connectivity index is 1.21. The first-order valence-corrected chi connectivity index (χ1v) is 11.5. The van der Waals surface area contributed by atoms with Gasteiger partial charge in [0.1, 0.15) is 5.75 Å². The van der Waals surface area contributed by atoms with Gasteiger partial charge in [-0.2, -0.15) is 0 Å². The highest BCUT2D eigenvalue weighted by atomic mass is 32.1. The van der Waals surface area contributed by atoms with Crippen LogP contribution in [0.4, 0.5) is 9.93 Å². The number of fused-ring (bicyclic) bond motifs is 5. The quantitative estimate of drug-likeness (QED) is 0.611. The number of carbonyl (C=O) groups excluding carboxylic acids is 3. The molecule has 0 radical (unpaired) electrons. The Hall–Kier alpha value is -3.46. The van der Waals surface area contributed by atoms with Crippen molar-refractivity contribution in [1.82, 2.24) is 15.2 Å². The van der Waals surface area contributed by atoms with Crippen LogP contribution in [0, 0.1) is 0 Å². The molecule has 1 N–H and O–H groups in total. The molecular formula is C23H18N4O4S. The second-order valence-corrected chi connectivity index (χ2v) is 9.64. The topological polar surface area (TPSA) is 91.8 Å². The summed E-state index contributed by atoms with van der Waals surface area (Å²) < 4.78 is 6.68. The van der Waals surface area contributed by atoms with Gasteiger partial charge in [-0.05, 0) is 37.1 Å². The zero-order valence-corrected chi connectivity index (χ0v) is 17.7. The third kappa shape index (κ3) is 2.31. The smallest absolute Gasteiger partial charge is 0.324 e. The molecule has 0 unspecified atom stereocenters. The number of nitrogens with one attached hydrogen (secondary N) is 1. The Morgan fingerprint density at radius 3 is 2.56 bits per heavy atom. The fourth-order valence-corrected chi connectivity index (χ4v) is 6.60. The van der Waals surface area contributed by atoms with Gasteiger partial charge in [0.2, 0.25) is 0 Å². The molecule has 0 bridgehead atoms. The van der Waals surface area contributed by atoms with Gasteiger partial charge in [0.05, 0.1) is 40.0 Å². The van der Waals surface area contributed by atoms with E-state index in [4.69, 9.17) is 9.72 Å². The molecule has 32 heavy (non-hydrogen) atoms. The molecule has 4 aliphatic rings. The first kappa shape index (κ1) is 18.1. The number of anilines is 1. The summed E-state index contributed by atoms with van der Waals surface area (Å²) in [7, 11) is 0. The largest absolute Gasteiger partial charge is 0.493 e. The van der Waals surface area contributed by atoms with Gasteiger partial charge >= 0.3 is 6.03 Å². The number of ether oxygens (including phenoxy) is 1. The van der Waals surface area contributed by atoms with E-state index in [0.29, 0.717) is 35.7 Å². The van der Waals surface area contributed by atoms with E-state index in [2.05, 4.69) is 5.32 Å². The predicted octanol–water partition coefficient (Wildman–Crippen LogP) is 2.96. The molecule has 9 heteroatoms. The lowest BCUT2D eigenvalue weighted by Crippen LogP contribution is -2.42. The number of rotatable bonds is 2. The summed E-state index contributed by atoms with van der Waals surface area (Å²) >= 11 is 1.49. The Morgan fingerprint density at radius 1 is 1.00 bits per heavy atom. The lowest BCUT2D eigenvalue weighted by molar-refractivity contribution is 0.0585. The fraction of sp³-hybridized carbons (Fsp3) is 0.304. The molecule has 2 fully saturated rings. The molecule has 160 valence electrons. The number of amides is 4. The molecule has 1 saturated heterocycles. The minimum Gasteiger partial charge on any atom is -0.493 e. The van der Waals surface area contributed by atoms with Crippen molar-refractivity contribution < 1.29 is 19.1 Å². The van der Waals surface area contributed by atoms with Crippen molar-refractivity contribution in [2.24, 2.45) is 0 Å². The second kappa shape index (κ2) is 6.29. The first-order valence-electron chi connectivity index (χ1n) is 10.7. The summed E-state index contributed by atoms with van der Waals surface area (Å²) in [6.45, 7) is 0.651. The van der Waals surface area contributed by atoms with E-state index in [0.717, 1.165) is 28.0 Å². The second-order valence-electron chi connectivity index (χ2n) is 8.63. The van der Waals surface area contributed by atoms with Crippen LogP contribution in [0.3, 0.4) is 0 Å². The Bertz CT molecular complexity index is 1320. The van der Waals surface area contributed by atoms with Gasteiger partial charge in [0.15, 0.2) is 5.13 Å². The minimum atomic E-state index is -0.257. The lowest BCUT2D eigenvalue weighted by Gasteiger charge is -2.24. The molecule has 0 spiro atoms. The number of hydrogen-bond acceptors (Lipinski definition) is 6. The van der Waals surface area contributed by atoms with Crippen LogP contribution in [0.15, 0.2) is 36.4 Å². The third-order valence-electron chi connectivity index (χ3n) is 6.98. The van der Waals surface area contributed by atoms with Crippen LogP contribution < -0.4 is 15.0 Å². The number of thiazole rings is 1. The molecule has 3 aromatic rings. The average molecular weight is 446 g/mol. The van der Waals surface area contributed by atoms with Gasteiger partial charge in [-0.15, -0.1) is 0 Å². The van der Waals surface area contributed by atoms with Crippen molar-refractivity contribution in [3.63, 3.8) is 0 Å². The molecule has 8 nitrogen and oxygen atoms in total. The number of imide groups is 1. The van der Waals surface area contributed by atoms with Crippen molar-refractivity contribution in [1.29, 1.82) is 0 Å². The molecule has 4 heterocycles. The Kier molecular flexibility index (Phi) is 3.57. The summed E-state index contributed by atoms with van der Waals surface area (Å²) in [5, 5.41) is 3.69. The third-order valence-corrected chi connectivity index (χ3v) is 8.00. The van der Waals surface area contributed by atoms with Crippen LogP contribution in [0.1, 0.15) is 39.1 Å². The predicted molar refractivity (Wildman–Crippen MR) is 117 cm³/mol. The van der Waals surface area contributed by atoms with Crippen LogP contribution in [0.2, 0.25) is 0 Å². The van der Waals surface area contributed by atoms with E-state index in [9.17, 15) is 14.4 Å². The average Bonchev–Trinajstić information content (AvgIpc) is 3.57. The van der Waals surface area contributed by atoms with Crippen LogP contribution in [-0.2, 0) is 6.42 Å². The van der Waals surface area contributed by atoms with E-state index in [1.807, 2.05) is 12.1 Å². The first-order chi connectivity index (χ1) is 15.6. The lowest BCUT2D eigenvalue weighted by atomic mass is 10.1. The van der Waals surface area contributed by atoms with Gasteiger partial charge in [0, 0.05) is 18.0 Å². The molecule has 1 aliphatic carbocycles. The maximum atomic E-state index is 12.9. The Labute approximate surface area is 186 Å². The number of nitrogens with zero attached hydrogens (tertiary/aromatic N) is 3. The van der Waals surface area contributed by atoms with E-state index < -0.39 is 0 Å². The van der Waals surface area contributed by atoms with Gasteiger partial charge in [-0.25, -0.2) is 9.78 Å². The van der Waals surface area contributed by atoms with Crippen LogP contribution in [-0.4, -0.2) is 52.5 Å². The summed E-state index contributed by atoms with van der Waals surface area (Å²) in [5.74, 6) is 0.373. The molecular weight excluding hydrogens is 428 g/mol. The standard InChI is InChI=1S/C23H18N4O4S/c28-20-12-3-1-2-4-13(12)21(29)26(20)11-9-15-16(10-11)27(22(30)24-15)23-25-19-14-7-8-31-17(14)5-6-18(19)32-23/h1-6,11,15-16H,7-10H2,(H,24,30)/t11-,15-,16+/m0/s1. The summed E-state index contributed by atoms with van der Waals surface area (Å²) in [4.78, 5) is 46.6. The Morgan fingerprint density at radius 2 is 1.78 bits per heavy atom. The van der Waals surface area contributed by atoms with E-state index in [1.54, 1.807) is 29.2 Å². The molecule has 2 aromatic carbocycles. The van der Waals surface area contributed by atoms with Crippen LogP contribution >= 0.6 is 11.3 Å². The van der Waals surface area contributed by atoms with Gasteiger partial charge < -0.3 is 10.1 Å². The number of aromatic nitrogens is 1. The van der Waals surface area contributed by atoms with Crippen LogP contribution in [0.25, 0.3) is 10.2 Å². The molecule has 1 aromatic heterocycles. The molecule has 4 amide bonds. The summed E-state index contributed by atoms with van der Waals surface area (Å²) in [6, 6.07) is 10.2. The van der Waals surface area contributed by atoms with E-state index in [-0.39, 0.29) is 36.0 Å². The van der Waals surface area contributed by atoms with Gasteiger partial charge in [-0.1, -0.05) is 23.5 Å². The summed E-state index contributed by atoms with van der Waals surface area (Å²) in [6.07, 6.45) is 1.90. The number of hydrogen-bond donors (Lipinski definition) is 1. The fourth-order valence-electron chi connectivity index (χ4n) is 5.55. The number of urea groups is 1.